The molecule has 0 radical (unpaired) electrons. The van der Waals surface area contributed by atoms with Crippen molar-refractivity contribution < 1.29 is 0 Å². The standard InChI is InChI=1S/2C10H14.C8H18.C7H14.3C7H16.C6H12.2C6H14.C6H12.C6H10.C5H12.C4H10.C3H8/c2*1-9(2)8-10-6-4-3-5-7-10;1-7(2)6-8(3,4)5;1-6(2)5-7-3-4-7;1-6(2)7(3,4)5;1-6(2)5-7(3)4;1-4-5-6-7(2)3;1-5(2)6-3-4-6;1-5(2)6(3)4;3*1-4-5-6(2)3;1-4-5(2)3;1-4(2)3;1-3-2/h2*3-7,9H,8H2,1-2H3;7H,6H2,1-5H3;6-7H,3-5H2,1-2H3;6H,1-5H3;6-7H,5H2,1-4H3;7H,4-6H2,1-3H3;5-6H,3-4H2,1-2H3;5-6H,1-4H3;6H,4-5H2,1-3H3;4,6H,1,5H2,2-3H3;1,6H,5H2,2-3H3;5H,4H2,1-3H3;4H,1-3H3;3H2,1-2H3. The summed E-state index contributed by atoms with van der Waals surface area (Å²) in [5, 5.41) is 0. The van der Waals surface area contributed by atoms with Crippen molar-refractivity contribution in [3.05, 3.63) is 84.4 Å². The van der Waals surface area contributed by atoms with Crippen molar-refractivity contribution in [3.8, 4) is 12.3 Å². The molecule has 0 amide bonds. The second-order valence-corrected chi connectivity index (χ2v) is 37.7. The van der Waals surface area contributed by atoms with E-state index >= 15 is 0 Å². The molecule has 0 N–H and O–H groups in total. The summed E-state index contributed by atoms with van der Waals surface area (Å²) < 4.78 is 0. The molecule has 0 saturated heterocycles. The van der Waals surface area contributed by atoms with E-state index in [1.807, 2.05) is 6.08 Å². The Hall–Kier alpha value is -2.26. The highest BCUT2D eigenvalue weighted by molar-refractivity contribution is 5.15. The van der Waals surface area contributed by atoms with Gasteiger partial charge in [0.05, 0.1) is 0 Å². The third-order valence-electron chi connectivity index (χ3n) is 15.1. The second kappa shape index (κ2) is 83.7. The molecule has 2 aliphatic rings. The van der Waals surface area contributed by atoms with E-state index < -0.39 is 0 Å². The lowest BCUT2D eigenvalue weighted by atomic mass is 9.84. The molecule has 0 unspecified atom stereocenters. The Kier molecular flexibility index (Phi) is 102. The van der Waals surface area contributed by atoms with E-state index in [-0.39, 0.29) is 0 Å². The van der Waals surface area contributed by atoms with Gasteiger partial charge in [-0.05, 0) is 180 Å². The van der Waals surface area contributed by atoms with Crippen LogP contribution in [0.1, 0.15) is 419 Å². The molecule has 2 aromatic carbocycles. The summed E-state index contributed by atoms with van der Waals surface area (Å²) in [6.45, 7) is 102. The van der Waals surface area contributed by atoms with Gasteiger partial charge in [-0.2, -0.15) is 0 Å². The quantitative estimate of drug-likeness (QED) is 0.0916. The van der Waals surface area contributed by atoms with Crippen LogP contribution in [-0.2, 0) is 12.8 Å². The summed E-state index contributed by atoms with van der Waals surface area (Å²) in [4.78, 5) is 0. The summed E-state index contributed by atoms with van der Waals surface area (Å²) in [5.74, 6) is 18.3. The van der Waals surface area contributed by atoms with Gasteiger partial charge in [-0.15, -0.1) is 18.9 Å². The van der Waals surface area contributed by atoms with Crippen LogP contribution in [-0.4, -0.2) is 0 Å². The molecule has 0 atom stereocenters. The topological polar surface area (TPSA) is 0 Å². The fourth-order valence-corrected chi connectivity index (χ4v) is 7.88. The maximum absolute atomic E-state index is 4.98. The molecular weight excluding hydrogens is 1180 g/mol. The van der Waals surface area contributed by atoms with Gasteiger partial charge in [-0.3, -0.25) is 0 Å². The van der Waals surface area contributed by atoms with Crippen molar-refractivity contribution in [2.45, 2.75) is 420 Å². The predicted molar refractivity (Wildman–Crippen MR) is 471 cm³/mol. The van der Waals surface area contributed by atoms with E-state index in [1.54, 1.807) is 0 Å². The summed E-state index contributed by atoms with van der Waals surface area (Å²) in [5.41, 5.74) is 3.91. The summed E-state index contributed by atoms with van der Waals surface area (Å²) >= 11 is 0. The molecule has 98 heavy (non-hydrogen) atoms. The van der Waals surface area contributed by atoms with Gasteiger partial charge in [-0.1, -0.05) is 429 Å². The molecule has 4 rings (SSSR count). The van der Waals surface area contributed by atoms with Crippen LogP contribution >= 0.6 is 0 Å². The highest BCUT2D eigenvalue weighted by Crippen LogP contribution is 2.36. The predicted octanol–water partition coefficient (Wildman–Crippen LogP) is 35.3. The average Bonchev–Trinajstić information content (AvgIpc) is 1.71. The normalized spacial score (nSPS) is 11.9. The van der Waals surface area contributed by atoms with Gasteiger partial charge >= 0.3 is 0 Å². The van der Waals surface area contributed by atoms with Crippen molar-refractivity contribution in [3.63, 3.8) is 0 Å². The molecule has 2 saturated carbocycles. The van der Waals surface area contributed by atoms with Gasteiger partial charge in [0.1, 0.15) is 0 Å². The van der Waals surface area contributed by atoms with Gasteiger partial charge in [0.25, 0.3) is 0 Å². The van der Waals surface area contributed by atoms with Gasteiger partial charge < -0.3 is 0 Å². The molecular formula is C98H200. The van der Waals surface area contributed by atoms with Crippen LogP contribution in [0.25, 0.3) is 0 Å². The SMILES string of the molecule is C#CCC(C)C.C=CCC(C)C.CC(C)C.CC(C)C(C)(C)C.CC(C)C(C)C.CC(C)C1CC1.CC(C)CC(C)(C)C.CC(C)CC(C)C.CC(C)CC1CC1.CC(C)Cc1ccccc1.CC(C)Cc1ccccc1.CCC.CCC(C)C.CCCC(C)C.CCCCC(C)C. The zero-order chi connectivity index (χ0) is 79.8. The fraction of sp³-hybridized carbons (Fsp3) is 0.837. The van der Waals surface area contributed by atoms with E-state index in [2.05, 4.69) is 378 Å². The van der Waals surface area contributed by atoms with E-state index in [4.69, 9.17) is 6.42 Å². The molecule has 0 aromatic heterocycles. The maximum atomic E-state index is 4.98. The number of hydrogen-bond acceptors (Lipinski definition) is 0. The monoisotopic (exact) mass is 1380 g/mol. The van der Waals surface area contributed by atoms with E-state index in [1.165, 1.54) is 114 Å². The Balaban J connectivity index is -0.0000000926. The molecule has 0 aliphatic heterocycles. The van der Waals surface area contributed by atoms with Crippen molar-refractivity contribution in [1.29, 1.82) is 0 Å². The number of terminal acetylenes is 1. The maximum Gasteiger partial charge on any atom is 0.0109 e. The van der Waals surface area contributed by atoms with Crippen LogP contribution in [0.3, 0.4) is 0 Å². The highest BCUT2D eigenvalue weighted by atomic mass is 14.3. The summed E-state index contributed by atoms with van der Waals surface area (Å²) in [7, 11) is 0. The minimum atomic E-state index is 0.500. The molecule has 592 valence electrons. The molecule has 2 aliphatic carbocycles. The molecule has 0 nitrogen and oxygen atoms in total. The Morgan fingerprint density at radius 1 is 0.439 bits per heavy atom. The Morgan fingerprint density at radius 2 is 0.776 bits per heavy atom. The summed E-state index contributed by atoms with van der Waals surface area (Å²) in [6, 6.07) is 21.2. The number of benzene rings is 2. The fourth-order valence-electron chi connectivity index (χ4n) is 7.88. The Morgan fingerprint density at radius 3 is 0.847 bits per heavy atom. The zero-order valence-corrected chi connectivity index (χ0v) is 77.3. The minimum absolute atomic E-state index is 0.500. The number of rotatable bonds is 20. The van der Waals surface area contributed by atoms with Gasteiger partial charge in [0.2, 0.25) is 0 Å². The Bertz CT molecular complexity index is 1630. The van der Waals surface area contributed by atoms with E-state index in [9.17, 15) is 0 Å². The number of hydrogen-bond donors (Lipinski definition) is 0. The van der Waals surface area contributed by atoms with Crippen LogP contribution in [0.15, 0.2) is 73.3 Å². The van der Waals surface area contributed by atoms with Crippen molar-refractivity contribution in [2.75, 3.05) is 0 Å². The van der Waals surface area contributed by atoms with Crippen LogP contribution in [0.5, 0.6) is 0 Å². The molecule has 2 fully saturated rings. The van der Waals surface area contributed by atoms with Gasteiger partial charge in [0, 0.05) is 6.42 Å². The second-order valence-electron chi connectivity index (χ2n) is 37.7. The molecule has 0 bridgehead atoms. The first kappa shape index (κ1) is 120. The number of allylic oxidation sites excluding steroid dienone is 1. The summed E-state index contributed by atoms with van der Waals surface area (Å²) in [6.07, 6.45) is 30.9. The van der Waals surface area contributed by atoms with Crippen molar-refractivity contribution in [2.24, 2.45) is 117 Å². The van der Waals surface area contributed by atoms with Gasteiger partial charge in [-0.25, -0.2) is 0 Å². The lowest BCUT2D eigenvalue weighted by Gasteiger charge is -2.22. The van der Waals surface area contributed by atoms with Crippen molar-refractivity contribution in [1.82, 2.24) is 0 Å². The average molecular weight is 1380 g/mol. The van der Waals surface area contributed by atoms with Crippen molar-refractivity contribution >= 4 is 0 Å². The van der Waals surface area contributed by atoms with Crippen LogP contribution in [0.4, 0.5) is 0 Å². The lowest BCUT2D eigenvalue weighted by Crippen LogP contribution is -2.12. The van der Waals surface area contributed by atoms with Crippen LogP contribution in [0.2, 0.25) is 0 Å². The molecule has 0 heteroatoms. The first-order valence-electron chi connectivity index (χ1n) is 41.9. The van der Waals surface area contributed by atoms with Crippen LogP contribution < -0.4 is 0 Å². The molecule has 0 heterocycles. The molecule has 2 aromatic rings. The zero-order valence-electron chi connectivity index (χ0n) is 77.3. The largest absolute Gasteiger partial charge is 0.120 e. The van der Waals surface area contributed by atoms with E-state index in [0.717, 1.165) is 113 Å². The minimum Gasteiger partial charge on any atom is -0.120 e. The third kappa shape index (κ3) is 166. The number of unbranched alkanes of at least 4 members (excludes halogenated alkanes) is 1. The van der Waals surface area contributed by atoms with Gasteiger partial charge in [0.15, 0.2) is 0 Å². The first-order chi connectivity index (χ1) is 44.8. The van der Waals surface area contributed by atoms with Crippen LogP contribution in [0, 0.1) is 130 Å². The van der Waals surface area contributed by atoms with E-state index in [0.29, 0.717) is 16.7 Å². The Labute approximate surface area is 630 Å². The lowest BCUT2D eigenvalue weighted by molar-refractivity contribution is 0.283. The highest BCUT2D eigenvalue weighted by Gasteiger charge is 2.24. The first-order valence-corrected chi connectivity index (χ1v) is 41.9. The molecule has 0 spiro atoms. The third-order valence-corrected chi connectivity index (χ3v) is 15.1. The smallest absolute Gasteiger partial charge is 0.0109 e.